The Morgan fingerprint density at radius 3 is 2.76 bits per heavy atom. The highest BCUT2D eigenvalue weighted by molar-refractivity contribution is 5.41. The summed E-state index contributed by atoms with van der Waals surface area (Å²) < 4.78 is 7.37. The summed E-state index contributed by atoms with van der Waals surface area (Å²) in [5, 5.41) is 7.95. The maximum atomic E-state index is 5.38. The van der Waals surface area contributed by atoms with Crippen molar-refractivity contribution in [3.63, 3.8) is 0 Å². The molecule has 1 aliphatic heterocycles. The molecule has 0 radical (unpaired) electrons. The molecule has 1 N–H and O–H groups in total. The van der Waals surface area contributed by atoms with E-state index in [9.17, 15) is 0 Å². The molecule has 0 spiro atoms. The Bertz CT molecular complexity index is 902. The van der Waals surface area contributed by atoms with Crippen molar-refractivity contribution in [3.8, 4) is 5.75 Å². The summed E-state index contributed by atoms with van der Waals surface area (Å²) in [6.45, 7) is 4.29. The number of nitrogens with one attached hydrogen (secondary N) is 1. The zero-order valence-electron chi connectivity index (χ0n) is 14.7. The third-order valence-electron chi connectivity index (χ3n) is 5.04. The number of rotatable bonds is 3. The van der Waals surface area contributed by atoms with Crippen molar-refractivity contribution in [2.24, 2.45) is 0 Å². The van der Waals surface area contributed by atoms with Gasteiger partial charge in [-0.2, -0.15) is 10.1 Å². The van der Waals surface area contributed by atoms with Crippen LogP contribution in [0.3, 0.4) is 0 Å². The zero-order chi connectivity index (χ0) is 17.4. The van der Waals surface area contributed by atoms with Gasteiger partial charge in [0.15, 0.2) is 0 Å². The highest BCUT2D eigenvalue weighted by atomic mass is 16.5. The van der Waals surface area contributed by atoms with E-state index in [-0.39, 0.29) is 12.1 Å². The van der Waals surface area contributed by atoms with Crippen LogP contribution >= 0.6 is 0 Å². The van der Waals surface area contributed by atoms with Gasteiger partial charge >= 0.3 is 0 Å². The minimum absolute atomic E-state index is 0.161. The molecule has 3 aromatic rings. The fraction of sp³-hybridized carbons (Fsp3) is 0.300. The molecule has 0 saturated heterocycles. The molecule has 5 nitrogen and oxygen atoms in total. The molecule has 4 rings (SSSR count). The number of methoxy groups -OCH3 is 1. The Kier molecular flexibility index (Phi) is 3.92. The van der Waals surface area contributed by atoms with Crippen molar-refractivity contribution in [3.05, 3.63) is 71.0 Å². The predicted octanol–water partition coefficient (Wildman–Crippen LogP) is 4.05. The summed E-state index contributed by atoms with van der Waals surface area (Å²) in [6.07, 6.45) is 2.52. The van der Waals surface area contributed by atoms with E-state index in [2.05, 4.69) is 59.6 Å². The fourth-order valence-electron chi connectivity index (χ4n) is 3.45. The van der Waals surface area contributed by atoms with Gasteiger partial charge in [-0.1, -0.05) is 30.3 Å². The molecule has 2 aromatic carbocycles. The molecule has 2 heterocycles. The van der Waals surface area contributed by atoms with Crippen LogP contribution in [0.4, 0.5) is 5.95 Å². The Hall–Kier alpha value is -2.82. The second kappa shape index (κ2) is 6.24. The number of ether oxygens (including phenoxy) is 1. The minimum Gasteiger partial charge on any atom is -0.497 e. The Balaban J connectivity index is 1.73. The lowest BCUT2D eigenvalue weighted by molar-refractivity contribution is 0.410. The van der Waals surface area contributed by atoms with E-state index in [0.717, 1.165) is 18.1 Å². The quantitative estimate of drug-likeness (QED) is 0.785. The smallest absolute Gasteiger partial charge is 0.222 e. The van der Waals surface area contributed by atoms with Gasteiger partial charge in [0, 0.05) is 0 Å². The number of nitrogens with zero attached hydrogens (tertiary/aromatic N) is 3. The SMILES string of the molecule is COc1cccc([C@H]2C[C@H](c3ccc(C)c(C)c3)n3ncnc3N2)c1. The van der Waals surface area contributed by atoms with Crippen molar-refractivity contribution < 1.29 is 4.74 Å². The molecule has 0 unspecified atom stereocenters. The molecular weight excluding hydrogens is 312 g/mol. The number of hydrogen-bond donors (Lipinski definition) is 1. The first kappa shape index (κ1) is 15.7. The van der Waals surface area contributed by atoms with Crippen LogP contribution in [0.1, 0.15) is 40.8 Å². The second-order valence-corrected chi connectivity index (χ2v) is 6.60. The number of hydrogen-bond acceptors (Lipinski definition) is 4. The van der Waals surface area contributed by atoms with Crippen molar-refractivity contribution in [2.75, 3.05) is 12.4 Å². The summed E-state index contributed by atoms with van der Waals surface area (Å²) in [7, 11) is 1.70. The first-order valence-corrected chi connectivity index (χ1v) is 8.53. The van der Waals surface area contributed by atoms with Gasteiger partial charge in [-0.3, -0.25) is 0 Å². The van der Waals surface area contributed by atoms with Crippen molar-refractivity contribution >= 4 is 5.95 Å². The molecule has 0 amide bonds. The number of fused-ring (bicyclic) bond motifs is 1. The normalized spacial score (nSPS) is 19.2. The van der Waals surface area contributed by atoms with E-state index in [1.54, 1.807) is 13.4 Å². The summed E-state index contributed by atoms with van der Waals surface area (Å²) in [4.78, 5) is 4.40. The Labute approximate surface area is 147 Å². The standard InChI is InChI=1S/C20H22N4O/c1-13-7-8-16(9-14(13)2)19-11-18(23-20-21-12-22-24(19)20)15-5-4-6-17(10-15)25-3/h4-10,12,18-19H,11H2,1-3H3,(H,21,22,23)/t18-,19-/m1/s1. The minimum atomic E-state index is 0.161. The Morgan fingerprint density at radius 1 is 1.08 bits per heavy atom. The third kappa shape index (κ3) is 2.86. The van der Waals surface area contributed by atoms with Gasteiger partial charge in [-0.05, 0) is 54.7 Å². The van der Waals surface area contributed by atoms with Crippen LogP contribution in [-0.4, -0.2) is 21.9 Å². The average Bonchev–Trinajstić information content (AvgIpc) is 3.12. The van der Waals surface area contributed by atoms with Crippen molar-refractivity contribution in [1.82, 2.24) is 14.8 Å². The number of benzene rings is 2. The van der Waals surface area contributed by atoms with E-state index in [4.69, 9.17) is 4.74 Å². The van der Waals surface area contributed by atoms with Gasteiger partial charge in [0.25, 0.3) is 0 Å². The van der Waals surface area contributed by atoms with E-state index in [1.165, 1.54) is 22.3 Å². The molecule has 1 aromatic heterocycles. The van der Waals surface area contributed by atoms with Crippen LogP contribution < -0.4 is 10.1 Å². The lowest BCUT2D eigenvalue weighted by Crippen LogP contribution is -2.28. The van der Waals surface area contributed by atoms with Gasteiger partial charge in [-0.25, -0.2) is 4.68 Å². The molecule has 2 atom stereocenters. The topological polar surface area (TPSA) is 52.0 Å². The molecule has 5 heteroatoms. The van der Waals surface area contributed by atoms with Gasteiger partial charge in [0.2, 0.25) is 5.95 Å². The summed E-state index contributed by atoms with van der Waals surface area (Å²) in [6, 6.07) is 15.2. The van der Waals surface area contributed by atoms with Crippen LogP contribution in [0.25, 0.3) is 0 Å². The third-order valence-corrected chi connectivity index (χ3v) is 5.04. The van der Waals surface area contributed by atoms with Crippen LogP contribution in [0.15, 0.2) is 48.8 Å². The van der Waals surface area contributed by atoms with Gasteiger partial charge < -0.3 is 10.1 Å². The molecule has 0 fully saturated rings. The van der Waals surface area contributed by atoms with E-state index in [0.29, 0.717) is 0 Å². The molecule has 25 heavy (non-hydrogen) atoms. The summed E-state index contributed by atoms with van der Waals surface area (Å²) in [5.74, 6) is 1.68. The van der Waals surface area contributed by atoms with Crippen LogP contribution in [0.5, 0.6) is 5.75 Å². The number of aryl methyl sites for hydroxylation is 2. The highest BCUT2D eigenvalue weighted by Gasteiger charge is 2.30. The summed E-state index contributed by atoms with van der Waals surface area (Å²) >= 11 is 0. The maximum absolute atomic E-state index is 5.38. The van der Waals surface area contributed by atoms with Crippen molar-refractivity contribution in [1.29, 1.82) is 0 Å². The van der Waals surface area contributed by atoms with E-state index in [1.807, 2.05) is 16.8 Å². The Morgan fingerprint density at radius 2 is 1.96 bits per heavy atom. The highest BCUT2D eigenvalue weighted by Crippen LogP contribution is 2.38. The van der Waals surface area contributed by atoms with Gasteiger partial charge in [0.1, 0.15) is 12.1 Å². The lowest BCUT2D eigenvalue weighted by Gasteiger charge is -2.32. The average molecular weight is 334 g/mol. The summed E-state index contributed by atoms with van der Waals surface area (Å²) in [5.41, 5.74) is 5.07. The fourth-order valence-corrected chi connectivity index (χ4v) is 3.45. The first-order valence-electron chi connectivity index (χ1n) is 8.53. The van der Waals surface area contributed by atoms with Crippen LogP contribution in [-0.2, 0) is 0 Å². The van der Waals surface area contributed by atoms with Gasteiger partial charge in [0.05, 0.1) is 19.2 Å². The monoisotopic (exact) mass is 334 g/mol. The first-order chi connectivity index (χ1) is 12.2. The van der Waals surface area contributed by atoms with Crippen LogP contribution in [0.2, 0.25) is 0 Å². The maximum Gasteiger partial charge on any atom is 0.222 e. The molecule has 0 saturated carbocycles. The molecular formula is C20H22N4O. The predicted molar refractivity (Wildman–Crippen MR) is 98.1 cm³/mol. The van der Waals surface area contributed by atoms with Crippen LogP contribution in [0, 0.1) is 13.8 Å². The second-order valence-electron chi connectivity index (χ2n) is 6.60. The molecule has 0 aliphatic carbocycles. The largest absolute Gasteiger partial charge is 0.497 e. The zero-order valence-corrected chi connectivity index (χ0v) is 14.7. The molecule has 0 bridgehead atoms. The lowest BCUT2D eigenvalue weighted by atomic mass is 9.92. The van der Waals surface area contributed by atoms with Crippen molar-refractivity contribution in [2.45, 2.75) is 32.4 Å². The number of anilines is 1. The molecule has 1 aliphatic rings. The molecule has 128 valence electrons. The number of aromatic nitrogens is 3. The van der Waals surface area contributed by atoms with E-state index >= 15 is 0 Å². The van der Waals surface area contributed by atoms with E-state index < -0.39 is 0 Å². The van der Waals surface area contributed by atoms with Gasteiger partial charge in [-0.15, -0.1) is 0 Å².